The number of aromatic hydroxyl groups is 1. The van der Waals surface area contributed by atoms with Crippen molar-refractivity contribution in [2.24, 2.45) is 0 Å². The van der Waals surface area contributed by atoms with E-state index in [1.165, 1.54) is 6.07 Å². The van der Waals surface area contributed by atoms with Gasteiger partial charge in [-0.05, 0) is 30.3 Å². The number of hydrogen-bond donors (Lipinski definition) is 2. The Morgan fingerprint density at radius 2 is 1.88 bits per heavy atom. The molecule has 3 nitrogen and oxygen atoms in total. The van der Waals surface area contributed by atoms with Crippen LogP contribution in [0.5, 0.6) is 5.75 Å². The van der Waals surface area contributed by atoms with Crippen molar-refractivity contribution in [1.29, 1.82) is 0 Å². The molecule has 0 bridgehead atoms. The van der Waals surface area contributed by atoms with E-state index in [0.717, 1.165) is 4.47 Å². The molecular weight excluding hydrogens is 282 g/mol. The largest absolute Gasteiger partial charge is 0.508 e. The standard InChI is InChI=1S/C13H10BrNO2/c14-10-4-1-3-9(7-10)13(17)15-11-5-2-6-12(16)8-11/h1-8,16H,(H,15,17). The van der Waals surface area contributed by atoms with Crippen molar-refractivity contribution in [2.45, 2.75) is 0 Å². The molecule has 0 aliphatic heterocycles. The van der Waals surface area contributed by atoms with Gasteiger partial charge in [-0.2, -0.15) is 0 Å². The summed E-state index contributed by atoms with van der Waals surface area (Å²) in [6.45, 7) is 0. The third-order valence-electron chi connectivity index (χ3n) is 2.19. The number of halogens is 1. The highest BCUT2D eigenvalue weighted by Gasteiger charge is 2.06. The van der Waals surface area contributed by atoms with Crippen LogP contribution in [0.4, 0.5) is 5.69 Å². The average molecular weight is 292 g/mol. The molecule has 1 amide bonds. The number of amides is 1. The number of rotatable bonds is 2. The second kappa shape index (κ2) is 5.01. The minimum atomic E-state index is -0.211. The summed E-state index contributed by atoms with van der Waals surface area (Å²) < 4.78 is 0.848. The van der Waals surface area contributed by atoms with Gasteiger partial charge in [0.25, 0.3) is 5.91 Å². The van der Waals surface area contributed by atoms with Gasteiger partial charge in [-0.1, -0.05) is 28.1 Å². The molecule has 2 N–H and O–H groups in total. The maximum absolute atomic E-state index is 11.9. The number of phenols is 1. The SMILES string of the molecule is O=C(Nc1cccc(O)c1)c1cccc(Br)c1. The van der Waals surface area contributed by atoms with Crippen LogP contribution in [-0.2, 0) is 0 Å². The molecule has 0 fully saturated rings. The van der Waals surface area contributed by atoms with Crippen molar-refractivity contribution in [3.8, 4) is 5.75 Å². The highest BCUT2D eigenvalue weighted by Crippen LogP contribution is 2.17. The molecular formula is C13H10BrNO2. The van der Waals surface area contributed by atoms with Crippen LogP contribution in [0.3, 0.4) is 0 Å². The van der Waals surface area contributed by atoms with Gasteiger partial charge in [0.2, 0.25) is 0 Å². The summed E-state index contributed by atoms with van der Waals surface area (Å²) in [6.07, 6.45) is 0. The van der Waals surface area contributed by atoms with Gasteiger partial charge in [0.15, 0.2) is 0 Å². The fraction of sp³-hybridized carbons (Fsp3) is 0. The molecule has 0 atom stereocenters. The molecule has 0 aliphatic carbocycles. The van der Waals surface area contributed by atoms with E-state index < -0.39 is 0 Å². The second-order valence-corrected chi connectivity index (χ2v) is 4.43. The number of phenolic OH excluding ortho intramolecular Hbond substituents is 1. The van der Waals surface area contributed by atoms with Gasteiger partial charge in [0.05, 0.1) is 0 Å². The first-order valence-electron chi connectivity index (χ1n) is 5.01. The zero-order valence-corrected chi connectivity index (χ0v) is 10.4. The maximum Gasteiger partial charge on any atom is 0.255 e. The van der Waals surface area contributed by atoms with Gasteiger partial charge in [-0.15, -0.1) is 0 Å². The zero-order chi connectivity index (χ0) is 12.3. The zero-order valence-electron chi connectivity index (χ0n) is 8.85. The topological polar surface area (TPSA) is 49.3 Å². The van der Waals surface area contributed by atoms with Crippen LogP contribution in [0.1, 0.15) is 10.4 Å². The minimum Gasteiger partial charge on any atom is -0.508 e. The summed E-state index contributed by atoms with van der Waals surface area (Å²) in [5, 5.41) is 12.0. The molecule has 0 spiro atoms. The Morgan fingerprint density at radius 1 is 1.12 bits per heavy atom. The Kier molecular flexibility index (Phi) is 3.44. The lowest BCUT2D eigenvalue weighted by Crippen LogP contribution is -2.11. The Labute approximate surface area is 107 Å². The molecule has 0 saturated heterocycles. The number of benzene rings is 2. The average Bonchev–Trinajstić information content (AvgIpc) is 2.29. The molecule has 86 valence electrons. The predicted octanol–water partition coefficient (Wildman–Crippen LogP) is 3.41. The Balaban J connectivity index is 2.17. The second-order valence-electron chi connectivity index (χ2n) is 3.51. The monoisotopic (exact) mass is 291 g/mol. The van der Waals surface area contributed by atoms with Crippen molar-refractivity contribution in [2.75, 3.05) is 5.32 Å². The van der Waals surface area contributed by atoms with Crippen LogP contribution in [0.25, 0.3) is 0 Å². The van der Waals surface area contributed by atoms with E-state index >= 15 is 0 Å². The highest BCUT2D eigenvalue weighted by atomic mass is 79.9. The van der Waals surface area contributed by atoms with Crippen molar-refractivity contribution in [1.82, 2.24) is 0 Å². The fourth-order valence-electron chi connectivity index (χ4n) is 1.42. The fourth-order valence-corrected chi connectivity index (χ4v) is 1.82. The predicted molar refractivity (Wildman–Crippen MR) is 70.2 cm³/mol. The lowest BCUT2D eigenvalue weighted by Gasteiger charge is -2.05. The molecule has 2 aromatic rings. The third kappa shape index (κ3) is 3.07. The van der Waals surface area contributed by atoms with Crippen LogP contribution < -0.4 is 5.32 Å². The molecule has 0 aromatic heterocycles. The van der Waals surface area contributed by atoms with Gasteiger partial charge in [0.1, 0.15) is 5.75 Å². The first-order chi connectivity index (χ1) is 8.15. The van der Waals surface area contributed by atoms with E-state index in [1.54, 1.807) is 36.4 Å². The minimum absolute atomic E-state index is 0.122. The summed E-state index contributed by atoms with van der Waals surface area (Å²) in [5.74, 6) is -0.0889. The molecule has 0 heterocycles. The molecule has 0 unspecified atom stereocenters. The Morgan fingerprint density at radius 3 is 2.59 bits per heavy atom. The van der Waals surface area contributed by atoms with Crippen LogP contribution in [0, 0.1) is 0 Å². The van der Waals surface area contributed by atoms with Crippen molar-refractivity contribution < 1.29 is 9.90 Å². The number of nitrogens with one attached hydrogen (secondary N) is 1. The van der Waals surface area contributed by atoms with Crippen molar-refractivity contribution in [3.63, 3.8) is 0 Å². The van der Waals surface area contributed by atoms with Gasteiger partial charge in [-0.25, -0.2) is 0 Å². The van der Waals surface area contributed by atoms with Gasteiger partial charge in [0, 0.05) is 21.8 Å². The van der Waals surface area contributed by atoms with E-state index in [4.69, 9.17) is 0 Å². The van der Waals surface area contributed by atoms with E-state index in [0.29, 0.717) is 11.3 Å². The van der Waals surface area contributed by atoms with Crippen LogP contribution in [-0.4, -0.2) is 11.0 Å². The summed E-state index contributed by atoms with van der Waals surface area (Å²) in [4.78, 5) is 11.9. The molecule has 2 aromatic carbocycles. The maximum atomic E-state index is 11.9. The van der Waals surface area contributed by atoms with Crippen molar-refractivity contribution >= 4 is 27.5 Å². The van der Waals surface area contributed by atoms with E-state index in [2.05, 4.69) is 21.2 Å². The molecule has 2 rings (SSSR count). The van der Waals surface area contributed by atoms with E-state index in [9.17, 15) is 9.90 Å². The van der Waals surface area contributed by atoms with Crippen LogP contribution in [0.2, 0.25) is 0 Å². The lowest BCUT2D eigenvalue weighted by molar-refractivity contribution is 0.102. The number of carbonyl (C=O) groups excluding carboxylic acids is 1. The first-order valence-corrected chi connectivity index (χ1v) is 5.80. The van der Waals surface area contributed by atoms with Gasteiger partial charge in [-0.3, -0.25) is 4.79 Å². The van der Waals surface area contributed by atoms with Crippen LogP contribution >= 0.6 is 15.9 Å². The van der Waals surface area contributed by atoms with E-state index in [1.807, 2.05) is 6.07 Å². The smallest absolute Gasteiger partial charge is 0.255 e. The summed E-state index contributed by atoms with van der Waals surface area (Å²) in [5.41, 5.74) is 1.12. The number of anilines is 1. The first kappa shape index (κ1) is 11.7. The highest BCUT2D eigenvalue weighted by molar-refractivity contribution is 9.10. The van der Waals surface area contributed by atoms with Gasteiger partial charge >= 0.3 is 0 Å². The number of hydrogen-bond acceptors (Lipinski definition) is 2. The third-order valence-corrected chi connectivity index (χ3v) is 2.68. The van der Waals surface area contributed by atoms with E-state index in [-0.39, 0.29) is 11.7 Å². The normalized spacial score (nSPS) is 9.94. The lowest BCUT2D eigenvalue weighted by atomic mass is 10.2. The number of carbonyl (C=O) groups is 1. The van der Waals surface area contributed by atoms with Crippen molar-refractivity contribution in [3.05, 3.63) is 58.6 Å². The molecule has 0 aliphatic rings. The Hall–Kier alpha value is -1.81. The molecule has 4 heteroatoms. The van der Waals surface area contributed by atoms with Crippen LogP contribution in [0.15, 0.2) is 53.0 Å². The summed E-state index contributed by atoms with van der Waals surface area (Å²) >= 11 is 3.31. The quantitative estimate of drug-likeness (QED) is 0.891. The molecule has 0 saturated carbocycles. The Bertz CT molecular complexity index is 555. The summed E-state index contributed by atoms with van der Waals surface area (Å²) in [6, 6.07) is 13.5. The molecule has 0 radical (unpaired) electrons. The summed E-state index contributed by atoms with van der Waals surface area (Å²) in [7, 11) is 0. The molecule has 17 heavy (non-hydrogen) atoms. The van der Waals surface area contributed by atoms with Gasteiger partial charge < -0.3 is 10.4 Å².